The summed E-state index contributed by atoms with van der Waals surface area (Å²) in [6.07, 6.45) is 4.17. The zero-order valence-electron chi connectivity index (χ0n) is 14.2. The van der Waals surface area contributed by atoms with Crippen molar-refractivity contribution in [2.24, 2.45) is 0 Å². The van der Waals surface area contributed by atoms with Crippen LogP contribution < -0.4 is 5.32 Å². The molecule has 2 heterocycles. The van der Waals surface area contributed by atoms with Gasteiger partial charge in [-0.05, 0) is 61.8 Å². The first-order valence-electron chi connectivity index (χ1n) is 8.45. The molecule has 0 unspecified atom stereocenters. The Morgan fingerprint density at radius 2 is 2.28 bits per heavy atom. The fraction of sp³-hybridized carbons (Fsp3) is 0.368. The number of rotatable bonds is 5. The van der Waals surface area contributed by atoms with Crippen LogP contribution in [-0.2, 0) is 11.3 Å². The fourth-order valence-electron chi connectivity index (χ4n) is 2.87. The molecule has 0 aliphatic carbocycles. The van der Waals surface area contributed by atoms with E-state index in [1.807, 2.05) is 43.3 Å². The number of halogens is 1. The third-order valence-corrected chi connectivity index (χ3v) is 4.87. The van der Waals surface area contributed by atoms with Gasteiger partial charge in [0.2, 0.25) is 0 Å². The Hall–Kier alpha value is -1.69. The van der Waals surface area contributed by atoms with Crippen LogP contribution in [0, 0.1) is 6.92 Å². The molecule has 2 aromatic rings. The lowest BCUT2D eigenvalue weighted by atomic mass is 10.2. The van der Waals surface area contributed by atoms with E-state index in [1.165, 1.54) is 0 Å². The van der Waals surface area contributed by atoms with E-state index in [4.69, 9.17) is 28.6 Å². The zero-order chi connectivity index (χ0) is 17.6. The molecule has 1 fully saturated rings. The van der Waals surface area contributed by atoms with Gasteiger partial charge >= 0.3 is 0 Å². The molecular weight excluding hydrogens is 354 g/mol. The fourth-order valence-corrected chi connectivity index (χ4v) is 3.28. The lowest BCUT2D eigenvalue weighted by molar-refractivity contribution is 0.0903. The maximum atomic E-state index is 6.30. The molecule has 1 aliphatic rings. The summed E-state index contributed by atoms with van der Waals surface area (Å²) in [5.74, 6) is 0. The van der Waals surface area contributed by atoms with Gasteiger partial charge in [-0.1, -0.05) is 23.7 Å². The molecule has 0 saturated carbocycles. The third kappa shape index (κ3) is 5.14. The standard InChI is InChI=1S/C19H22ClN3OS/c1-14-7-8-17(20)18(11-14)22-19(25)23(13-16-6-4-10-24-16)12-15-5-2-3-9-21-15/h2-3,5,7-9,11,16H,4,6,10,12-13H2,1H3,(H,22,25)/t16-/m0/s1. The number of thiocarbonyl (C=S) groups is 1. The van der Waals surface area contributed by atoms with Gasteiger partial charge in [-0.15, -0.1) is 0 Å². The number of hydrogen-bond acceptors (Lipinski definition) is 3. The molecule has 25 heavy (non-hydrogen) atoms. The van der Waals surface area contributed by atoms with Gasteiger partial charge in [0, 0.05) is 19.3 Å². The van der Waals surface area contributed by atoms with Crippen LogP contribution in [0.5, 0.6) is 0 Å². The highest BCUT2D eigenvalue weighted by Gasteiger charge is 2.21. The Morgan fingerprint density at radius 1 is 1.40 bits per heavy atom. The molecule has 1 atom stereocenters. The monoisotopic (exact) mass is 375 g/mol. The number of pyridine rings is 1. The van der Waals surface area contributed by atoms with Gasteiger partial charge in [0.25, 0.3) is 0 Å². The van der Waals surface area contributed by atoms with Crippen LogP contribution in [-0.4, -0.2) is 34.3 Å². The van der Waals surface area contributed by atoms with Gasteiger partial charge in [-0.2, -0.15) is 0 Å². The van der Waals surface area contributed by atoms with Crippen molar-refractivity contribution in [2.45, 2.75) is 32.4 Å². The maximum Gasteiger partial charge on any atom is 0.173 e. The normalized spacial score (nSPS) is 16.6. The molecule has 1 aromatic carbocycles. The van der Waals surface area contributed by atoms with Crippen molar-refractivity contribution in [3.63, 3.8) is 0 Å². The van der Waals surface area contributed by atoms with Crippen molar-refractivity contribution in [1.82, 2.24) is 9.88 Å². The average Bonchev–Trinajstić information content (AvgIpc) is 3.11. The number of benzene rings is 1. The highest BCUT2D eigenvalue weighted by atomic mass is 35.5. The summed E-state index contributed by atoms with van der Waals surface area (Å²) in [6.45, 7) is 4.23. The molecule has 0 spiro atoms. The van der Waals surface area contributed by atoms with Crippen molar-refractivity contribution in [3.8, 4) is 0 Å². The molecule has 0 bridgehead atoms. The van der Waals surface area contributed by atoms with E-state index in [2.05, 4.69) is 15.2 Å². The van der Waals surface area contributed by atoms with Crippen LogP contribution in [0.15, 0.2) is 42.6 Å². The number of nitrogens with one attached hydrogen (secondary N) is 1. The summed E-state index contributed by atoms with van der Waals surface area (Å²) in [4.78, 5) is 6.52. The smallest absolute Gasteiger partial charge is 0.173 e. The van der Waals surface area contributed by atoms with Gasteiger partial charge in [-0.3, -0.25) is 4.98 Å². The lowest BCUT2D eigenvalue weighted by Gasteiger charge is -2.28. The van der Waals surface area contributed by atoms with E-state index in [0.717, 1.165) is 42.9 Å². The number of aryl methyl sites for hydroxylation is 1. The van der Waals surface area contributed by atoms with Crippen LogP contribution >= 0.6 is 23.8 Å². The molecule has 1 aromatic heterocycles. The largest absolute Gasteiger partial charge is 0.376 e. The highest BCUT2D eigenvalue weighted by molar-refractivity contribution is 7.80. The van der Waals surface area contributed by atoms with Crippen molar-refractivity contribution in [1.29, 1.82) is 0 Å². The minimum atomic E-state index is 0.205. The summed E-state index contributed by atoms with van der Waals surface area (Å²) >= 11 is 12.0. The van der Waals surface area contributed by atoms with Crippen molar-refractivity contribution in [3.05, 3.63) is 58.9 Å². The van der Waals surface area contributed by atoms with Crippen molar-refractivity contribution in [2.75, 3.05) is 18.5 Å². The molecule has 4 nitrogen and oxygen atoms in total. The van der Waals surface area contributed by atoms with Crippen LogP contribution in [0.4, 0.5) is 5.69 Å². The molecule has 0 radical (unpaired) electrons. The molecule has 0 amide bonds. The van der Waals surface area contributed by atoms with Gasteiger partial charge in [0.05, 0.1) is 29.1 Å². The van der Waals surface area contributed by atoms with E-state index in [1.54, 1.807) is 6.20 Å². The summed E-state index contributed by atoms with van der Waals surface area (Å²) in [7, 11) is 0. The van der Waals surface area contributed by atoms with Gasteiger partial charge in [-0.25, -0.2) is 0 Å². The second-order valence-corrected chi connectivity index (χ2v) is 7.04. The molecule has 1 N–H and O–H groups in total. The van der Waals surface area contributed by atoms with Gasteiger partial charge in [0.15, 0.2) is 5.11 Å². The van der Waals surface area contributed by atoms with Gasteiger partial charge in [0.1, 0.15) is 0 Å². The first-order valence-corrected chi connectivity index (χ1v) is 9.24. The minimum Gasteiger partial charge on any atom is -0.376 e. The van der Waals surface area contributed by atoms with Crippen LogP contribution in [0.3, 0.4) is 0 Å². The molecule has 6 heteroatoms. The predicted octanol–water partition coefficient (Wildman–Crippen LogP) is 4.42. The van der Waals surface area contributed by atoms with Crippen molar-refractivity contribution < 1.29 is 4.74 Å². The first-order chi connectivity index (χ1) is 12.1. The second kappa shape index (κ2) is 8.61. The summed E-state index contributed by atoms with van der Waals surface area (Å²) in [5.41, 5.74) is 2.93. The number of hydrogen-bond donors (Lipinski definition) is 1. The van der Waals surface area contributed by atoms with E-state index >= 15 is 0 Å². The Kier molecular flexibility index (Phi) is 6.24. The Morgan fingerprint density at radius 3 is 3.00 bits per heavy atom. The molecule has 132 valence electrons. The molecular formula is C19H22ClN3OS. The quantitative estimate of drug-likeness (QED) is 0.783. The predicted molar refractivity (Wildman–Crippen MR) is 106 cm³/mol. The average molecular weight is 376 g/mol. The number of anilines is 1. The zero-order valence-corrected chi connectivity index (χ0v) is 15.8. The van der Waals surface area contributed by atoms with Crippen LogP contribution in [0.25, 0.3) is 0 Å². The highest BCUT2D eigenvalue weighted by Crippen LogP contribution is 2.24. The molecule has 1 saturated heterocycles. The van der Waals surface area contributed by atoms with Crippen LogP contribution in [0.2, 0.25) is 5.02 Å². The third-order valence-electron chi connectivity index (χ3n) is 4.18. The van der Waals surface area contributed by atoms with Crippen LogP contribution in [0.1, 0.15) is 24.1 Å². The summed E-state index contributed by atoms with van der Waals surface area (Å²) < 4.78 is 5.79. The topological polar surface area (TPSA) is 37.4 Å². The van der Waals surface area contributed by atoms with E-state index in [9.17, 15) is 0 Å². The van der Waals surface area contributed by atoms with Gasteiger partial charge < -0.3 is 15.0 Å². The Balaban J connectivity index is 1.74. The van der Waals surface area contributed by atoms with E-state index in [0.29, 0.717) is 16.7 Å². The molecule has 3 rings (SSSR count). The van der Waals surface area contributed by atoms with Crippen molar-refractivity contribution >= 4 is 34.6 Å². The molecule has 1 aliphatic heterocycles. The summed E-state index contributed by atoms with van der Waals surface area (Å²) in [6, 6.07) is 11.8. The van der Waals surface area contributed by atoms with E-state index in [-0.39, 0.29) is 6.10 Å². The SMILES string of the molecule is Cc1ccc(Cl)c(NC(=S)N(Cc2ccccn2)C[C@@H]2CCCO2)c1. The first kappa shape index (κ1) is 18.1. The van der Waals surface area contributed by atoms with E-state index < -0.39 is 0 Å². The lowest BCUT2D eigenvalue weighted by Crippen LogP contribution is -2.39. The Bertz CT molecular complexity index is 720. The Labute approximate surface area is 159 Å². The maximum absolute atomic E-state index is 6.30. The number of ether oxygens (including phenoxy) is 1. The minimum absolute atomic E-state index is 0.205. The number of aromatic nitrogens is 1. The second-order valence-electron chi connectivity index (χ2n) is 6.25. The summed E-state index contributed by atoms with van der Waals surface area (Å²) in [5, 5.41) is 4.58. The number of nitrogens with zero attached hydrogens (tertiary/aromatic N) is 2.